The van der Waals surface area contributed by atoms with Crippen LogP contribution in [0.15, 0.2) is 102 Å². The van der Waals surface area contributed by atoms with E-state index >= 15 is 0 Å². The molecule has 0 bridgehead atoms. The fourth-order valence-electron chi connectivity index (χ4n) is 6.87. The zero-order valence-corrected chi connectivity index (χ0v) is 23.0. The Morgan fingerprint density at radius 1 is 0.800 bits per heavy atom. The van der Waals surface area contributed by atoms with Crippen molar-refractivity contribution in [2.24, 2.45) is 10.9 Å². The largest absolute Gasteiger partial charge is 0.354 e. The summed E-state index contributed by atoms with van der Waals surface area (Å²) in [7, 11) is 0. The van der Waals surface area contributed by atoms with Gasteiger partial charge in [-0.3, -0.25) is 4.99 Å². The van der Waals surface area contributed by atoms with Crippen LogP contribution in [0.5, 0.6) is 0 Å². The summed E-state index contributed by atoms with van der Waals surface area (Å²) in [6.07, 6.45) is 7.92. The van der Waals surface area contributed by atoms with Crippen LogP contribution >= 0.6 is 0 Å². The molecule has 0 spiro atoms. The van der Waals surface area contributed by atoms with Crippen LogP contribution in [0.25, 0.3) is 28.1 Å². The molecule has 0 aromatic heterocycles. The second kappa shape index (κ2) is 11.3. The fraction of sp³-hybridized carbons (Fsp3) is 0.314. The zero-order chi connectivity index (χ0) is 26.7. The van der Waals surface area contributed by atoms with E-state index in [9.17, 15) is 0 Å². The van der Waals surface area contributed by atoms with Gasteiger partial charge in [0.05, 0.1) is 33.5 Å². The van der Waals surface area contributed by atoms with Crippen LogP contribution in [-0.4, -0.2) is 40.1 Å². The molecule has 2 atom stereocenters. The highest BCUT2D eigenvalue weighted by molar-refractivity contribution is 5.84. The Balaban J connectivity index is 1.33. The Labute approximate surface area is 236 Å². The van der Waals surface area contributed by atoms with Gasteiger partial charge in [-0.05, 0) is 99.6 Å². The van der Waals surface area contributed by atoms with Gasteiger partial charge in [0.1, 0.15) is 0 Å². The van der Waals surface area contributed by atoms with Crippen LogP contribution in [0.2, 0.25) is 0 Å². The number of nitrogens with zero attached hydrogens (tertiary/aromatic N) is 4. The van der Waals surface area contributed by atoms with E-state index in [2.05, 4.69) is 106 Å². The first-order valence-electron chi connectivity index (χ1n) is 14.9. The Hall–Kier alpha value is -3.96. The van der Waals surface area contributed by atoms with Crippen molar-refractivity contribution in [3.63, 3.8) is 0 Å². The van der Waals surface area contributed by atoms with E-state index in [1.807, 2.05) is 6.07 Å². The van der Waals surface area contributed by atoms with Gasteiger partial charge >= 0.3 is 0 Å². The van der Waals surface area contributed by atoms with Crippen molar-refractivity contribution in [2.75, 3.05) is 25.0 Å². The SMILES string of the molecule is c1ccc(Nc2cc3nc4ccccc4n(-c4ccccc4)c-3cc2=NCC[C@@H]2CCCN3CCCC[C@@H]23)cc1. The molecule has 0 amide bonds. The van der Waals surface area contributed by atoms with Gasteiger partial charge < -0.3 is 14.8 Å². The Morgan fingerprint density at radius 2 is 1.57 bits per heavy atom. The van der Waals surface area contributed by atoms with Crippen molar-refractivity contribution < 1.29 is 0 Å². The fourth-order valence-corrected chi connectivity index (χ4v) is 6.87. The van der Waals surface area contributed by atoms with Crippen LogP contribution in [0.1, 0.15) is 38.5 Å². The Morgan fingerprint density at radius 3 is 2.45 bits per heavy atom. The zero-order valence-electron chi connectivity index (χ0n) is 23.0. The number of hydrogen-bond acceptors (Lipinski definition) is 4. The molecule has 1 aliphatic carbocycles. The van der Waals surface area contributed by atoms with Crippen molar-refractivity contribution in [3.8, 4) is 17.1 Å². The maximum atomic E-state index is 5.28. The lowest BCUT2D eigenvalue weighted by molar-refractivity contribution is 0.0569. The molecule has 0 radical (unpaired) electrons. The van der Waals surface area contributed by atoms with Gasteiger partial charge in [-0.25, -0.2) is 4.98 Å². The molecule has 3 aromatic rings. The average Bonchev–Trinajstić information content (AvgIpc) is 3.01. The molecule has 1 N–H and O–H groups in total. The van der Waals surface area contributed by atoms with Crippen LogP contribution in [0, 0.1) is 5.92 Å². The topological polar surface area (TPSA) is 45.5 Å². The first-order valence-corrected chi connectivity index (χ1v) is 14.9. The molecule has 202 valence electrons. The normalized spacial score (nSPS) is 20.1. The highest BCUT2D eigenvalue weighted by Crippen LogP contribution is 2.33. The van der Waals surface area contributed by atoms with Gasteiger partial charge in [-0.15, -0.1) is 0 Å². The monoisotopic (exact) mass is 527 g/mol. The number of benzene rings is 4. The molecule has 3 aromatic carbocycles. The number of nitrogens with one attached hydrogen (secondary N) is 1. The minimum absolute atomic E-state index is 0.753. The van der Waals surface area contributed by atoms with E-state index in [1.54, 1.807) is 0 Å². The number of hydrogen-bond donors (Lipinski definition) is 1. The second-order valence-corrected chi connectivity index (χ2v) is 11.3. The second-order valence-electron chi connectivity index (χ2n) is 11.3. The molecule has 7 rings (SSSR count). The molecular formula is C35H37N5. The van der Waals surface area contributed by atoms with Crippen LogP contribution < -0.4 is 10.7 Å². The molecule has 3 aliphatic heterocycles. The smallest absolute Gasteiger partial charge is 0.0900 e. The molecule has 4 aliphatic rings. The van der Waals surface area contributed by atoms with E-state index in [4.69, 9.17) is 9.98 Å². The predicted molar refractivity (Wildman–Crippen MR) is 164 cm³/mol. The van der Waals surface area contributed by atoms with E-state index in [0.717, 1.165) is 69.8 Å². The number of fused-ring (bicyclic) bond motifs is 3. The summed E-state index contributed by atoms with van der Waals surface area (Å²) < 4.78 is 2.32. The molecule has 0 unspecified atom stereocenters. The lowest BCUT2D eigenvalue weighted by Crippen LogP contribution is -2.48. The molecule has 40 heavy (non-hydrogen) atoms. The average molecular weight is 528 g/mol. The van der Waals surface area contributed by atoms with Gasteiger partial charge in [-0.1, -0.05) is 55.0 Å². The standard InChI is InChI=1S/C35H37N5/c1-3-13-27(14-4-1)37-31-24-32-35(40(28-15-5-2-6-16-28)34-19-8-7-17-29(34)38-32)25-30(31)36-21-20-26-12-11-23-39-22-10-9-18-33(26)39/h1-8,13-17,19,24-26,33,37H,9-12,18,20-23H2/t26-,33-/m0/s1. The number of aromatic nitrogens is 2. The summed E-state index contributed by atoms with van der Waals surface area (Å²) in [4.78, 5) is 13.1. The quantitative estimate of drug-likeness (QED) is 0.234. The summed E-state index contributed by atoms with van der Waals surface area (Å²) in [5.41, 5.74) is 7.27. The molecule has 3 heterocycles. The van der Waals surface area contributed by atoms with Gasteiger partial charge in [0.25, 0.3) is 0 Å². The van der Waals surface area contributed by atoms with Crippen LogP contribution in [0.3, 0.4) is 0 Å². The summed E-state index contributed by atoms with van der Waals surface area (Å²) in [6, 6.07) is 34.5. The summed E-state index contributed by atoms with van der Waals surface area (Å²) in [5.74, 6) is 0.753. The van der Waals surface area contributed by atoms with Crippen molar-refractivity contribution in [1.82, 2.24) is 14.5 Å². The third-order valence-corrected chi connectivity index (χ3v) is 8.78. The molecule has 5 nitrogen and oxygen atoms in total. The maximum Gasteiger partial charge on any atom is 0.0900 e. The summed E-state index contributed by atoms with van der Waals surface area (Å²) in [5, 5.41) is 4.65. The van der Waals surface area contributed by atoms with Crippen molar-refractivity contribution in [2.45, 2.75) is 44.6 Å². The lowest BCUT2D eigenvalue weighted by atomic mass is 9.82. The van der Waals surface area contributed by atoms with Crippen molar-refractivity contribution in [1.29, 1.82) is 0 Å². The van der Waals surface area contributed by atoms with E-state index in [1.165, 1.54) is 45.2 Å². The molecule has 2 saturated heterocycles. The molecule has 0 saturated carbocycles. The van der Waals surface area contributed by atoms with E-state index in [-0.39, 0.29) is 0 Å². The third-order valence-electron chi connectivity index (χ3n) is 8.78. The van der Waals surface area contributed by atoms with Crippen molar-refractivity contribution in [3.05, 3.63) is 102 Å². The number of rotatable bonds is 6. The van der Waals surface area contributed by atoms with Gasteiger partial charge in [0, 0.05) is 24.0 Å². The Kier molecular flexibility index (Phi) is 7.05. The minimum Gasteiger partial charge on any atom is -0.354 e. The maximum absolute atomic E-state index is 5.28. The van der Waals surface area contributed by atoms with Crippen LogP contribution in [-0.2, 0) is 0 Å². The van der Waals surface area contributed by atoms with Crippen molar-refractivity contribution >= 4 is 22.4 Å². The Bertz CT molecular complexity index is 1620. The van der Waals surface area contributed by atoms with Gasteiger partial charge in [0.2, 0.25) is 0 Å². The van der Waals surface area contributed by atoms with Gasteiger partial charge in [0.15, 0.2) is 0 Å². The predicted octanol–water partition coefficient (Wildman–Crippen LogP) is 7.43. The third kappa shape index (κ3) is 5.02. The molecule has 5 heteroatoms. The number of para-hydroxylation sites is 4. The number of piperidine rings is 2. The minimum atomic E-state index is 0.753. The highest BCUT2D eigenvalue weighted by atomic mass is 15.2. The number of anilines is 2. The lowest BCUT2D eigenvalue weighted by Gasteiger charge is -2.44. The van der Waals surface area contributed by atoms with E-state index < -0.39 is 0 Å². The first-order chi connectivity index (χ1) is 19.8. The summed E-state index contributed by atoms with van der Waals surface area (Å²) in [6.45, 7) is 3.42. The highest BCUT2D eigenvalue weighted by Gasteiger charge is 2.32. The molecule has 2 fully saturated rings. The van der Waals surface area contributed by atoms with Gasteiger partial charge in [-0.2, -0.15) is 0 Å². The van der Waals surface area contributed by atoms with E-state index in [0.29, 0.717) is 0 Å². The van der Waals surface area contributed by atoms with Crippen LogP contribution in [0.4, 0.5) is 11.4 Å². The molecular weight excluding hydrogens is 490 g/mol. The summed E-state index contributed by atoms with van der Waals surface area (Å²) >= 11 is 0. The first kappa shape index (κ1) is 25.0.